The largest absolute Gasteiger partial charge is 0.356 e. The van der Waals surface area contributed by atoms with Crippen LogP contribution in [0.1, 0.15) is 43.2 Å². The predicted molar refractivity (Wildman–Crippen MR) is 112 cm³/mol. The van der Waals surface area contributed by atoms with E-state index in [1.54, 1.807) is 0 Å². The van der Waals surface area contributed by atoms with Crippen molar-refractivity contribution in [3.63, 3.8) is 0 Å². The maximum Gasteiger partial charge on any atom is 0.220 e. The van der Waals surface area contributed by atoms with E-state index in [2.05, 4.69) is 22.8 Å². The monoisotopic (exact) mass is 398 g/mol. The van der Waals surface area contributed by atoms with Crippen LogP contribution in [0.25, 0.3) is 0 Å². The molecule has 0 bridgehead atoms. The van der Waals surface area contributed by atoms with Crippen LogP contribution in [-0.4, -0.2) is 23.9 Å². The van der Waals surface area contributed by atoms with Crippen molar-refractivity contribution in [1.29, 1.82) is 0 Å². The molecule has 0 saturated carbocycles. The molecular formula is C23H27ClN2O2. The smallest absolute Gasteiger partial charge is 0.220 e. The summed E-state index contributed by atoms with van der Waals surface area (Å²) < 4.78 is 0. The second-order valence-electron chi connectivity index (χ2n) is 7.57. The van der Waals surface area contributed by atoms with Crippen LogP contribution in [-0.2, 0) is 22.4 Å². The van der Waals surface area contributed by atoms with Gasteiger partial charge < -0.3 is 10.6 Å². The first-order valence-electron chi connectivity index (χ1n) is 9.91. The maximum absolute atomic E-state index is 12.3. The van der Waals surface area contributed by atoms with E-state index in [1.807, 2.05) is 42.5 Å². The van der Waals surface area contributed by atoms with Gasteiger partial charge in [0.2, 0.25) is 11.8 Å². The molecule has 2 aromatic carbocycles. The van der Waals surface area contributed by atoms with E-state index >= 15 is 0 Å². The Morgan fingerprint density at radius 3 is 2.50 bits per heavy atom. The lowest BCUT2D eigenvalue weighted by Crippen LogP contribution is -2.44. The second kappa shape index (κ2) is 9.74. The lowest BCUT2D eigenvalue weighted by molar-refractivity contribution is -0.122. The SMILES string of the molecule is O=C(CC[C@@]1(Cc2ccc(Cl)cc2)CCC(=O)N1)NCCCc1ccccc1. The van der Waals surface area contributed by atoms with Crippen LogP contribution in [0.4, 0.5) is 0 Å². The Kier molecular flexibility index (Phi) is 7.10. The van der Waals surface area contributed by atoms with Gasteiger partial charge in [-0.25, -0.2) is 0 Å². The molecule has 3 rings (SSSR count). The van der Waals surface area contributed by atoms with Crippen LogP contribution < -0.4 is 10.6 Å². The lowest BCUT2D eigenvalue weighted by Gasteiger charge is -2.29. The van der Waals surface area contributed by atoms with Gasteiger partial charge in [0.15, 0.2) is 0 Å². The van der Waals surface area contributed by atoms with Crippen molar-refractivity contribution in [3.05, 3.63) is 70.7 Å². The Hall–Kier alpha value is -2.33. The highest BCUT2D eigenvalue weighted by Gasteiger charge is 2.37. The Morgan fingerprint density at radius 1 is 1.07 bits per heavy atom. The van der Waals surface area contributed by atoms with Crippen molar-refractivity contribution in [2.45, 2.75) is 50.5 Å². The summed E-state index contributed by atoms with van der Waals surface area (Å²) in [5.41, 5.74) is 2.06. The zero-order valence-electron chi connectivity index (χ0n) is 16.0. The molecule has 0 radical (unpaired) electrons. The molecule has 1 atom stereocenters. The van der Waals surface area contributed by atoms with Crippen LogP contribution in [0.2, 0.25) is 5.02 Å². The highest BCUT2D eigenvalue weighted by atomic mass is 35.5. The minimum atomic E-state index is -0.341. The van der Waals surface area contributed by atoms with Crippen molar-refractivity contribution >= 4 is 23.4 Å². The number of hydrogen-bond donors (Lipinski definition) is 2. The number of halogens is 1. The standard InChI is InChI=1S/C23H27ClN2O2/c24-20-10-8-19(9-11-20)17-23(15-13-22(28)26-23)14-12-21(27)25-16-4-7-18-5-2-1-3-6-18/h1-3,5-6,8-11H,4,7,12-17H2,(H,25,27)(H,26,28)/t23-/m0/s1. The third kappa shape index (κ3) is 6.10. The van der Waals surface area contributed by atoms with Gasteiger partial charge in [0.1, 0.15) is 0 Å². The number of amides is 2. The van der Waals surface area contributed by atoms with E-state index in [9.17, 15) is 9.59 Å². The number of rotatable bonds is 9. The minimum absolute atomic E-state index is 0.0460. The molecule has 2 amide bonds. The molecule has 5 heteroatoms. The van der Waals surface area contributed by atoms with Gasteiger partial charge in [-0.3, -0.25) is 9.59 Å². The molecule has 4 nitrogen and oxygen atoms in total. The predicted octanol–water partition coefficient (Wildman–Crippen LogP) is 4.06. The molecule has 1 saturated heterocycles. The topological polar surface area (TPSA) is 58.2 Å². The molecule has 0 spiro atoms. The Morgan fingerprint density at radius 2 is 1.82 bits per heavy atom. The maximum atomic E-state index is 12.3. The quantitative estimate of drug-likeness (QED) is 0.626. The molecule has 148 valence electrons. The summed E-state index contributed by atoms with van der Waals surface area (Å²) in [6.45, 7) is 0.671. The van der Waals surface area contributed by atoms with Crippen LogP contribution in [0.3, 0.4) is 0 Å². The van der Waals surface area contributed by atoms with E-state index in [1.165, 1.54) is 5.56 Å². The van der Waals surface area contributed by atoms with Gasteiger partial charge in [0.05, 0.1) is 0 Å². The fourth-order valence-electron chi connectivity index (χ4n) is 3.78. The third-order valence-corrected chi connectivity index (χ3v) is 5.58. The van der Waals surface area contributed by atoms with E-state index in [-0.39, 0.29) is 17.4 Å². The summed E-state index contributed by atoms with van der Waals surface area (Å²) in [5, 5.41) is 6.83. The second-order valence-corrected chi connectivity index (χ2v) is 8.01. The van der Waals surface area contributed by atoms with Crippen molar-refractivity contribution in [2.75, 3.05) is 6.54 Å². The first-order valence-corrected chi connectivity index (χ1v) is 10.3. The van der Waals surface area contributed by atoms with Crippen LogP contribution in [0.15, 0.2) is 54.6 Å². The normalized spacial score (nSPS) is 18.7. The van der Waals surface area contributed by atoms with Gasteiger partial charge in [0.25, 0.3) is 0 Å². The third-order valence-electron chi connectivity index (χ3n) is 5.33. The summed E-state index contributed by atoms with van der Waals surface area (Å²) in [6.07, 6.45) is 4.93. The fourth-order valence-corrected chi connectivity index (χ4v) is 3.91. The van der Waals surface area contributed by atoms with Gasteiger partial charge in [-0.1, -0.05) is 54.1 Å². The highest BCUT2D eigenvalue weighted by molar-refractivity contribution is 6.30. The molecule has 2 aromatic rings. The van der Waals surface area contributed by atoms with Gasteiger partial charge in [-0.15, -0.1) is 0 Å². The Balaban J connectivity index is 1.46. The van der Waals surface area contributed by atoms with Gasteiger partial charge in [-0.05, 0) is 55.4 Å². The molecule has 0 unspecified atom stereocenters. The number of hydrogen-bond acceptors (Lipinski definition) is 2. The molecule has 2 N–H and O–H groups in total. The van der Waals surface area contributed by atoms with E-state index < -0.39 is 0 Å². The van der Waals surface area contributed by atoms with Gasteiger partial charge in [0, 0.05) is 29.9 Å². The minimum Gasteiger partial charge on any atom is -0.356 e. The van der Waals surface area contributed by atoms with Crippen molar-refractivity contribution in [3.8, 4) is 0 Å². The first-order chi connectivity index (χ1) is 13.5. The van der Waals surface area contributed by atoms with Crippen LogP contribution >= 0.6 is 11.6 Å². The molecule has 0 aliphatic carbocycles. The average molecular weight is 399 g/mol. The Bertz CT molecular complexity index is 792. The molecule has 1 aliphatic heterocycles. The molecule has 28 heavy (non-hydrogen) atoms. The van der Waals surface area contributed by atoms with Crippen molar-refractivity contribution in [2.24, 2.45) is 0 Å². The highest BCUT2D eigenvalue weighted by Crippen LogP contribution is 2.30. The summed E-state index contributed by atoms with van der Waals surface area (Å²) in [6, 6.07) is 18.0. The zero-order valence-corrected chi connectivity index (χ0v) is 16.8. The van der Waals surface area contributed by atoms with E-state index in [4.69, 9.17) is 11.6 Å². The Labute approximate surface area is 171 Å². The molecule has 1 aliphatic rings. The zero-order chi connectivity index (χ0) is 19.8. The van der Waals surface area contributed by atoms with E-state index in [0.717, 1.165) is 31.2 Å². The van der Waals surface area contributed by atoms with Gasteiger partial charge in [-0.2, -0.15) is 0 Å². The fraction of sp³-hybridized carbons (Fsp3) is 0.391. The van der Waals surface area contributed by atoms with Crippen LogP contribution in [0.5, 0.6) is 0 Å². The molecule has 1 heterocycles. The van der Waals surface area contributed by atoms with Gasteiger partial charge >= 0.3 is 0 Å². The number of carbonyl (C=O) groups excluding carboxylic acids is 2. The summed E-state index contributed by atoms with van der Waals surface area (Å²) in [4.78, 5) is 24.2. The number of carbonyl (C=O) groups is 2. The molecular weight excluding hydrogens is 372 g/mol. The lowest BCUT2D eigenvalue weighted by atomic mass is 9.85. The first kappa shape index (κ1) is 20.4. The van der Waals surface area contributed by atoms with Crippen LogP contribution in [0, 0.1) is 0 Å². The van der Waals surface area contributed by atoms with Crippen molar-refractivity contribution < 1.29 is 9.59 Å². The van der Waals surface area contributed by atoms with E-state index in [0.29, 0.717) is 30.8 Å². The average Bonchev–Trinajstić information content (AvgIpc) is 3.07. The van der Waals surface area contributed by atoms with Crippen molar-refractivity contribution in [1.82, 2.24) is 10.6 Å². The molecule has 0 aromatic heterocycles. The summed E-state index contributed by atoms with van der Waals surface area (Å²) in [5.74, 6) is 0.113. The number of nitrogens with one attached hydrogen (secondary N) is 2. The number of aryl methyl sites for hydroxylation is 1. The number of benzene rings is 2. The molecule has 1 fully saturated rings. The summed E-state index contributed by atoms with van der Waals surface area (Å²) in [7, 11) is 0. The summed E-state index contributed by atoms with van der Waals surface area (Å²) >= 11 is 5.97.